The van der Waals surface area contributed by atoms with Gasteiger partial charge in [-0.15, -0.1) is 0 Å². The van der Waals surface area contributed by atoms with Crippen LogP contribution in [0.3, 0.4) is 0 Å². The van der Waals surface area contributed by atoms with E-state index in [2.05, 4.69) is 4.74 Å². The highest BCUT2D eigenvalue weighted by Crippen LogP contribution is 2.19. The van der Waals surface area contributed by atoms with E-state index in [9.17, 15) is 13.2 Å². The van der Waals surface area contributed by atoms with Gasteiger partial charge in [0.2, 0.25) is 0 Å². The van der Waals surface area contributed by atoms with Crippen LogP contribution in [0.2, 0.25) is 0 Å². The molecule has 0 aliphatic carbocycles. The molecule has 18 heavy (non-hydrogen) atoms. The number of rotatable bonds is 7. The molecule has 0 N–H and O–H groups in total. The zero-order valence-corrected chi connectivity index (χ0v) is 11.9. The molecule has 0 aromatic carbocycles. The lowest BCUT2D eigenvalue weighted by atomic mass is 10.2. The first-order valence-electron chi connectivity index (χ1n) is 6.42. The summed E-state index contributed by atoms with van der Waals surface area (Å²) in [6, 6.07) is 0. The van der Waals surface area contributed by atoms with Crippen molar-refractivity contribution in [1.82, 2.24) is 0 Å². The van der Waals surface area contributed by atoms with Gasteiger partial charge in [-0.05, 0) is 19.3 Å². The van der Waals surface area contributed by atoms with Crippen molar-refractivity contribution in [3.8, 4) is 0 Å². The number of hydrogen-bond donors (Lipinski definition) is 0. The quantitative estimate of drug-likeness (QED) is 0.657. The van der Waals surface area contributed by atoms with Crippen LogP contribution in [-0.4, -0.2) is 45.2 Å². The number of unbranched alkanes of at least 4 members (excludes halogenated alkanes) is 1. The molecule has 1 aliphatic rings. The Bertz CT molecular complexity index is 357. The summed E-state index contributed by atoms with van der Waals surface area (Å²) < 4.78 is 34.4. The molecule has 0 bridgehead atoms. The molecule has 106 valence electrons. The number of ether oxygens (including phenoxy) is 2. The standard InChI is InChI=1S/C12H22O5S/c1-3-4-7-11(12(13)16-2)18(14,15)9-10-6-5-8-17-10/h10-11H,3-9H2,1-2H3. The summed E-state index contributed by atoms with van der Waals surface area (Å²) in [7, 11) is -2.26. The lowest BCUT2D eigenvalue weighted by Gasteiger charge is -2.17. The Labute approximate surface area is 109 Å². The highest BCUT2D eigenvalue weighted by molar-refractivity contribution is 7.92. The molecule has 1 heterocycles. The summed E-state index contributed by atoms with van der Waals surface area (Å²) in [5, 5.41) is -1.04. The summed E-state index contributed by atoms with van der Waals surface area (Å²) in [5.41, 5.74) is 0. The highest BCUT2D eigenvalue weighted by Gasteiger charge is 2.35. The number of sulfone groups is 1. The maximum Gasteiger partial charge on any atom is 0.324 e. The number of hydrogen-bond acceptors (Lipinski definition) is 5. The van der Waals surface area contributed by atoms with Crippen LogP contribution in [0.1, 0.15) is 39.0 Å². The van der Waals surface area contributed by atoms with Crippen LogP contribution >= 0.6 is 0 Å². The van der Waals surface area contributed by atoms with Crippen LogP contribution in [0.4, 0.5) is 0 Å². The monoisotopic (exact) mass is 278 g/mol. The molecule has 2 unspecified atom stereocenters. The second-order valence-electron chi connectivity index (χ2n) is 4.62. The van der Waals surface area contributed by atoms with E-state index in [0.29, 0.717) is 19.4 Å². The minimum atomic E-state index is -3.49. The second kappa shape index (κ2) is 7.09. The first-order chi connectivity index (χ1) is 8.51. The average Bonchev–Trinajstić information content (AvgIpc) is 2.80. The molecule has 5 nitrogen and oxygen atoms in total. The fourth-order valence-electron chi connectivity index (χ4n) is 2.12. The highest BCUT2D eigenvalue weighted by atomic mass is 32.2. The topological polar surface area (TPSA) is 69.7 Å². The minimum absolute atomic E-state index is 0.0729. The Morgan fingerprint density at radius 1 is 1.50 bits per heavy atom. The molecular formula is C12H22O5S. The zero-order valence-electron chi connectivity index (χ0n) is 11.1. The van der Waals surface area contributed by atoms with Crippen LogP contribution in [0.5, 0.6) is 0 Å². The van der Waals surface area contributed by atoms with E-state index in [4.69, 9.17) is 4.74 Å². The second-order valence-corrected chi connectivity index (χ2v) is 6.85. The van der Waals surface area contributed by atoms with Gasteiger partial charge in [-0.3, -0.25) is 4.79 Å². The predicted octanol–water partition coefficient (Wildman–Crippen LogP) is 1.31. The van der Waals surface area contributed by atoms with E-state index in [1.807, 2.05) is 6.92 Å². The van der Waals surface area contributed by atoms with Crippen molar-refractivity contribution < 1.29 is 22.7 Å². The number of methoxy groups -OCH3 is 1. The van der Waals surface area contributed by atoms with Gasteiger partial charge < -0.3 is 9.47 Å². The van der Waals surface area contributed by atoms with Gasteiger partial charge in [0.25, 0.3) is 0 Å². The zero-order chi connectivity index (χ0) is 13.6. The van der Waals surface area contributed by atoms with E-state index in [1.165, 1.54) is 7.11 Å². The van der Waals surface area contributed by atoms with Crippen molar-refractivity contribution >= 4 is 15.8 Å². The minimum Gasteiger partial charge on any atom is -0.468 e. The Morgan fingerprint density at radius 2 is 2.22 bits per heavy atom. The van der Waals surface area contributed by atoms with Crippen molar-refractivity contribution in [1.29, 1.82) is 0 Å². The first-order valence-corrected chi connectivity index (χ1v) is 8.13. The lowest BCUT2D eigenvalue weighted by molar-refractivity contribution is -0.140. The molecular weight excluding hydrogens is 256 g/mol. The summed E-state index contributed by atoms with van der Waals surface area (Å²) in [6.45, 7) is 2.57. The van der Waals surface area contributed by atoms with Crippen LogP contribution < -0.4 is 0 Å². The van der Waals surface area contributed by atoms with E-state index in [1.54, 1.807) is 0 Å². The Morgan fingerprint density at radius 3 is 2.72 bits per heavy atom. The molecule has 0 spiro atoms. The lowest BCUT2D eigenvalue weighted by Crippen LogP contribution is -2.36. The Hall–Kier alpha value is -0.620. The van der Waals surface area contributed by atoms with Gasteiger partial charge in [-0.1, -0.05) is 19.8 Å². The number of carbonyl (C=O) groups excluding carboxylic acids is 1. The van der Waals surface area contributed by atoms with Gasteiger partial charge in [0, 0.05) is 6.61 Å². The molecule has 1 saturated heterocycles. The molecule has 1 rings (SSSR count). The normalized spacial score (nSPS) is 21.8. The maximum atomic E-state index is 12.2. The summed E-state index contributed by atoms with van der Waals surface area (Å²) >= 11 is 0. The van der Waals surface area contributed by atoms with Gasteiger partial charge in [0.05, 0.1) is 19.0 Å². The largest absolute Gasteiger partial charge is 0.468 e. The summed E-state index contributed by atoms with van der Waals surface area (Å²) in [5.74, 6) is -0.724. The van der Waals surface area contributed by atoms with E-state index < -0.39 is 21.1 Å². The van der Waals surface area contributed by atoms with Crippen LogP contribution in [-0.2, 0) is 24.1 Å². The van der Waals surface area contributed by atoms with E-state index in [-0.39, 0.29) is 11.9 Å². The Kier molecular flexibility index (Phi) is 6.08. The van der Waals surface area contributed by atoms with Crippen molar-refractivity contribution in [3.05, 3.63) is 0 Å². The van der Waals surface area contributed by atoms with Gasteiger partial charge >= 0.3 is 5.97 Å². The van der Waals surface area contributed by atoms with Gasteiger partial charge in [0.1, 0.15) is 0 Å². The van der Waals surface area contributed by atoms with Gasteiger partial charge in [-0.2, -0.15) is 0 Å². The van der Waals surface area contributed by atoms with Crippen LogP contribution in [0, 0.1) is 0 Å². The van der Waals surface area contributed by atoms with Crippen LogP contribution in [0.15, 0.2) is 0 Å². The molecule has 2 atom stereocenters. The average molecular weight is 278 g/mol. The fraction of sp³-hybridized carbons (Fsp3) is 0.917. The molecule has 0 amide bonds. The Balaban J connectivity index is 2.71. The molecule has 0 aromatic heterocycles. The number of esters is 1. The molecule has 0 radical (unpaired) electrons. The van der Waals surface area contributed by atoms with Gasteiger partial charge in [-0.25, -0.2) is 8.42 Å². The molecule has 6 heteroatoms. The van der Waals surface area contributed by atoms with Crippen molar-refractivity contribution in [2.45, 2.75) is 50.4 Å². The predicted molar refractivity (Wildman–Crippen MR) is 68.1 cm³/mol. The first kappa shape index (κ1) is 15.4. The SMILES string of the molecule is CCCCC(C(=O)OC)S(=O)(=O)CC1CCCO1. The van der Waals surface area contributed by atoms with Crippen LogP contribution in [0.25, 0.3) is 0 Å². The summed E-state index contributed by atoms with van der Waals surface area (Å²) in [4.78, 5) is 11.6. The van der Waals surface area contributed by atoms with Crippen molar-refractivity contribution in [3.63, 3.8) is 0 Å². The fourth-order valence-corrected chi connectivity index (χ4v) is 4.04. The van der Waals surface area contributed by atoms with E-state index >= 15 is 0 Å². The van der Waals surface area contributed by atoms with Crippen molar-refractivity contribution in [2.24, 2.45) is 0 Å². The molecule has 1 aliphatic heterocycles. The molecule has 0 aromatic rings. The number of carbonyl (C=O) groups is 1. The van der Waals surface area contributed by atoms with Gasteiger partial charge in [0.15, 0.2) is 15.1 Å². The maximum absolute atomic E-state index is 12.2. The molecule has 0 saturated carbocycles. The smallest absolute Gasteiger partial charge is 0.324 e. The molecule has 1 fully saturated rings. The third-order valence-corrected chi connectivity index (χ3v) is 5.29. The summed E-state index contributed by atoms with van der Waals surface area (Å²) in [6.07, 6.45) is 3.26. The third-order valence-electron chi connectivity index (χ3n) is 3.16. The van der Waals surface area contributed by atoms with E-state index in [0.717, 1.165) is 19.3 Å². The third kappa shape index (κ3) is 4.24. The van der Waals surface area contributed by atoms with Crippen molar-refractivity contribution in [2.75, 3.05) is 19.5 Å².